The highest BCUT2D eigenvalue weighted by molar-refractivity contribution is 6.99. The predicted molar refractivity (Wildman–Crippen MR) is 153 cm³/mol. The number of nitrogens with zero attached hydrogens (tertiary/aromatic N) is 1. The summed E-state index contributed by atoms with van der Waals surface area (Å²) >= 11 is 0. The molecule has 0 aromatic heterocycles. The van der Waals surface area contributed by atoms with E-state index in [1.54, 1.807) is 32.0 Å². The summed E-state index contributed by atoms with van der Waals surface area (Å²) in [5, 5.41) is 12.4. The van der Waals surface area contributed by atoms with Crippen molar-refractivity contribution < 1.29 is 27.8 Å². The topological polar surface area (TPSA) is 59.0 Å². The van der Waals surface area contributed by atoms with Gasteiger partial charge in [-0.2, -0.15) is 8.78 Å². The Labute approximate surface area is 230 Å². The average Bonchev–Trinajstić information content (AvgIpc) is 2.91. The maximum absolute atomic E-state index is 13.8. The highest BCUT2D eigenvalue weighted by Crippen LogP contribution is 2.36. The lowest BCUT2D eigenvalue weighted by Gasteiger charge is -2.43. The minimum absolute atomic E-state index is 0.115. The number of aliphatic hydroxyl groups is 1. The van der Waals surface area contributed by atoms with Crippen molar-refractivity contribution in [3.63, 3.8) is 0 Å². The van der Waals surface area contributed by atoms with Crippen LogP contribution in [0.15, 0.2) is 103 Å². The Morgan fingerprint density at radius 2 is 1.33 bits per heavy atom. The van der Waals surface area contributed by atoms with E-state index in [2.05, 4.69) is 45.0 Å². The Bertz CT molecular complexity index is 1190. The first-order valence-corrected chi connectivity index (χ1v) is 14.9. The third kappa shape index (κ3) is 7.01. The number of halogens is 2. The number of hydrogen-bond acceptors (Lipinski definition) is 4. The van der Waals surface area contributed by atoms with E-state index >= 15 is 0 Å². The summed E-state index contributed by atoms with van der Waals surface area (Å²) < 4.78 is 39.5. The van der Waals surface area contributed by atoms with Gasteiger partial charge in [0.25, 0.3) is 8.32 Å². The summed E-state index contributed by atoms with van der Waals surface area (Å²) in [7, 11) is -2.85. The average molecular weight is 554 g/mol. The molecule has 0 aliphatic carbocycles. The molecule has 3 aromatic carbocycles. The molecule has 0 aliphatic rings. The van der Waals surface area contributed by atoms with Gasteiger partial charge >= 0.3 is 12.2 Å². The molecule has 0 bridgehead atoms. The summed E-state index contributed by atoms with van der Waals surface area (Å²) in [5.74, 6) is -1.08. The highest BCUT2D eigenvalue weighted by Gasteiger charge is 2.50. The van der Waals surface area contributed by atoms with E-state index in [4.69, 9.17) is 9.16 Å². The van der Waals surface area contributed by atoms with Crippen LogP contribution in [0, 0.1) is 0 Å². The fourth-order valence-electron chi connectivity index (χ4n) is 4.76. The molecule has 39 heavy (non-hydrogen) atoms. The van der Waals surface area contributed by atoms with Crippen LogP contribution in [-0.4, -0.2) is 43.6 Å². The van der Waals surface area contributed by atoms with Gasteiger partial charge in [0, 0.05) is 12.6 Å². The molecule has 0 spiro atoms. The number of benzene rings is 3. The third-order valence-corrected chi connectivity index (χ3v) is 11.7. The van der Waals surface area contributed by atoms with Gasteiger partial charge in [-0.3, -0.25) is 0 Å². The maximum Gasteiger partial charge on any atom is 0.415 e. The molecule has 208 valence electrons. The van der Waals surface area contributed by atoms with E-state index in [1.165, 1.54) is 17.0 Å². The molecule has 3 aromatic rings. The minimum Gasteiger partial charge on any atom is -0.406 e. The van der Waals surface area contributed by atoms with E-state index < -0.39 is 32.4 Å². The van der Waals surface area contributed by atoms with Crippen molar-refractivity contribution in [2.24, 2.45) is 0 Å². The first-order chi connectivity index (χ1) is 18.5. The SMILES string of the molecule is CC(C)N(CCO[Si](c1ccccc1)(c1ccccc1)C(C)(C)C)C(=O)OC(=C(F)F)C(O)c1ccccc1. The molecular formula is C31H37F2NO4Si. The number of aliphatic hydroxyl groups excluding tert-OH is 1. The van der Waals surface area contributed by atoms with Crippen LogP contribution in [0.1, 0.15) is 46.3 Å². The molecular weight excluding hydrogens is 516 g/mol. The van der Waals surface area contributed by atoms with Gasteiger partial charge in [-0.1, -0.05) is 112 Å². The van der Waals surface area contributed by atoms with E-state index in [-0.39, 0.29) is 29.8 Å². The summed E-state index contributed by atoms with van der Waals surface area (Å²) in [4.78, 5) is 14.4. The largest absolute Gasteiger partial charge is 0.415 e. The number of hydrogen-bond donors (Lipinski definition) is 1. The van der Waals surface area contributed by atoms with Gasteiger partial charge in [0.2, 0.25) is 5.76 Å². The Morgan fingerprint density at radius 1 is 0.872 bits per heavy atom. The Balaban J connectivity index is 1.86. The molecule has 0 heterocycles. The first kappa shape index (κ1) is 30.2. The van der Waals surface area contributed by atoms with Crippen molar-refractivity contribution in [3.8, 4) is 0 Å². The smallest absolute Gasteiger partial charge is 0.406 e. The molecule has 3 rings (SSSR count). The molecule has 1 unspecified atom stereocenters. The minimum atomic E-state index is -2.85. The van der Waals surface area contributed by atoms with Crippen molar-refractivity contribution >= 4 is 24.8 Å². The second-order valence-corrected chi connectivity index (χ2v) is 14.9. The van der Waals surface area contributed by atoms with Crippen molar-refractivity contribution in [3.05, 3.63) is 108 Å². The molecule has 0 aliphatic heterocycles. The van der Waals surface area contributed by atoms with Crippen molar-refractivity contribution in [2.45, 2.75) is 51.8 Å². The molecule has 1 amide bonds. The molecule has 1 atom stereocenters. The quantitative estimate of drug-likeness (QED) is 0.238. The van der Waals surface area contributed by atoms with Crippen LogP contribution < -0.4 is 10.4 Å². The van der Waals surface area contributed by atoms with Crippen LogP contribution >= 0.6 is 0 Å². The van der Waals surface area contributed by atoms with Gasteiger partial charge in [-0.15, -0.1) is 0 Å². The molecule has 0 saturated carbocycles. The maximum atomic E-state index is 13.8. The van der Waals surface area contributed by atoms with Gasteiger partial charge in [0.05, 0.1) is 6.61 Å². The number of carbonyl (C=O) groups is 1. The Morgan fingerprint density at radius 3 is 1.74 bits per heavy atom. The van der Waals surface area contributed by atoms with E-state index in [9.17, 15) is 18.7 Å². The van der Waals surface area contributed by atoms with Crippen LogP contribution in [0.5, 0.6) is 0 Å². The van der Waals surface area contributed by atoms with E-state index in [0.717, 1.165) is 10.4 Å². The van der Waals surface area contributed by atoms with E-state index in [0.29, 0.717) is 0 Å². The monoisotopic (exact) mass is 553 g/mol. The normalized spacial score (nSPS) is 12.6. The van der Waals surface area contributed by atoms with Gasteiger partial charge < -0.3 is 19.2 Å². The van der Waals surface area contributed by atoms with Crippen LogP contribution in [-0.2, 0) is 9.16 Å². The lowest BCUT2D eigenvalue weighted by Crippen LogP contribution is -2.67. The number of amides is 1. The Kier molecular flexibility index (Phi) is 10.2. The lowest BCUT2D eigenvalue weighted by molar-refractivity contribution is 0.0695. The van der Waals surface area contributed by atoms with Crippen LogP contribution in [0.3, 0.4) is 0 Å². The number of ether oxygens (including phenoxy) is 1. The highest BCUT2D eigenvalue weighted by atomic mass is 28.4. The predicted octanol–water partition coefficient (Wildman–Crippen LogP) is 6.25. The second kappa shape index (κ2) is 13.1. The summed E-state index contributed by atoms with van der Waals surface area (Å²) in [6, 6.07) is 27.7. The van der Waals surface area contributed by atoms with Crippen molar-refractivity contribution in [1.82, 2.24) is 4.90 Å². The first-order valence-electron chi connectivity index (χ1n) is 13.0. The fourth-order valence-corrected chi connectivity index (χ4v) is 9.31. The van der Waals surface area contributed by atoms with Crippen molar-refractivity contribution in [2.75, 3.05) is 13.2 Å². The van der Waals surface area contributed by atoms with Crippen LogP contribution in [0.4, 0.5) is 13.6 Å². The van der Waals surface area contributed by atoms with E-state index in [1.807, 2.05) is 36.4 Å². The zero-order valence-corrected chi connectivity index (χ0v) is 24.1. The summed E-state index contributed by atoms with van der Waals surface area (Å²) in [6.07, 6.45) is -5.01. The van der Waals surface area contributed by atoms with Crippen LogP contribution in [0.2, 0.25) is 5.04 Å². The lowest BCUT2D eigenvalue weighted by atomic mass is 10.1. The summed E-state index contributed by atoms with van der Waals surface area (Å²) in [6.45, 7) is 10.3. The van der Waals surface area contributed by atoms with Crippen molar-refractivity contribution in [1.29, 1.82) is 0 Å². The molecule has 0 radical (unpaired) electrons. The van der Waals surface area contributed by atoms with Gasteiger partial charge in [0.15, 0.2) is 0 Å². The zero-order valence-electron chi connectivity index (χ0n) is 23.1. The standard InChI is InChI=1S/C31H37F2NO4Si/c1-23(2)34(30(36)38-28(29(32)33)27(35)24-15-9-6-10-16-24)21-22-37-39(31(3,4)5,25-17-11-7-12-18-25)26-19-13-8-14-20-26/h6-20,23,27,35H,21-22H2,1-5H3. The second-order valence-electron chi connectivity index (χ2n) is 10.6. The zero-order chi connectivity index (χ0) is 28.6. The number of carbonyl (C=O) groups excluding carboxylic acids is 1. The molecule has 8 heteroatoms. The fraction of sp³-hybridized carbons (Fsp3) is 0.323. The molecule has 0 saturated heterocycles. The van der Waals surface area contributed by atoms with Gasteiger partial charge in [-0.25, -0.2) is 4.79 Å². The number of rotatable bonds is 10. The van der Waals surface area contributed by atoms with Crippen LogP contribution in [0.25, 0.3) is 0 Å². The Hall–Kier alpha value is -3.33. The van der Waals surface area contributed by atoms with Gasteiger partial charge in [-0.05, 0) is 34.8 Å². The van der Waals surface area contributed by atoms with Gasteiger partial charge in [0.1, 0.15) is 6.10 Å². The summed E-state index contributed by atoms with van der Waals surface area (Å²) in [5.41, 5.74) is 0.194. The molecule has 1 N–H and O–H groups in total. The molecule has 5 nitrogen and oxygen atoms in total. The third-order valence-electron chi connectivity index (χ3n) is 6.67. The molecule has 0 fully saturated rings.